The van der Waals surface area contributed by atoms with Gasteiger partial charge < -0.3 is 4.74 Å². The van der Waals surface area contributed by atoms with Crippen LogP contribution in [0.4, 0.5) is 4.39 Å². The van der Waals surface area contributed by atoms with Crippen molar-refractivity contribution in [2.24, 2.45) is 0 Å². The van der Waals surface area contributed by atoms with E-state index in [1.807, 2.05) is 49.6 Å². The minimum atomic E-state index is -0.370. The lowest BCUT2D eigenvalue weighted by atomic mass is 10.1. The summed E-state index contributed by atoms with van der Waals surface area (Å²) in [5.41, 5.74) is 3.79. The molecule has 0 saturated carbocycles. The van der Waals surface area contributed by atoms with Gasteiger partial charge in [0.15, 0.2) is 0 Å². The van der Waals surface area contributed by atoms with Crippen LogP contribution < -0.4 is 4.74 Å². The molecule has 0 saturated heterocycles. The largest absolute Gasteiger partial charge is 0.497 e. The summed E-state index contributed by atoms with van der Waals surface area (Å²) in [5.74, 6) is 0.102. The van der Waals surface area contributed by atoms with Crippen molar-refractivity contribution in [3.8, 4) is 22.7 Å². The fourth-order valence-electron chi connectivity index (χ4n) is 3.46. The van der Waals surface area contributed by atoms with Gasteiger partial charge in [0.1, 0.15) is 23.6 Å². The minimum absolute atomic E-state index is 0.0524. The zero-order chi connectivity index (χ0) is 21.8. The molecule has 0 aliphatic rings. The molecule has 4 rings (SSSR count). The predicted octanol–water partition coefficient (Wildman–Crippen LogP) is 4.67. The highest BCUT2D eigenvalue weighted by Crippen LogP contribution is 2.30. The molecule has 0 amide bonds. The van der Waals surface area contributed by atoms with Crippen LogP contribution in [0, 0.1) is 5.82 Å². The van der Waals surface area contributed by atoms with Gasteiger partial charge in [-0.1, -0.05) is 18.2 Å². The average Bonchev–Trinajstić information content (AvgIpc) is 3.23. The van der Waals surface area contributed by atoms with Crippen molar-refractivity contribution in [3.05, 3.63) is 90.4 Å². The van der Waals surface area contributed by atoms with Crippen LogP contribution in [-0.4, -0.2) is 38.8 Å². The molecule has 0 aliphatic heterocycles. The number of hydrogen-bond acceptors (Lipinski definition) is 5. The van der Waals surface area contributed by atoms with Gasteiger partial charge in [0, 0.05) is 42.2 Å². The van der Waals surface area contributed by atoms with Crippen molar-refractivity contribution in [1.29, 1.82) is 0 Å². The van der Waals surface area contributed by atoms with E-state index in [2.05, 4.69) is 21.8 Å². The molecule has 2 heterocycles. The Bertz CT molecular complexity index is 1150. The highest BCUT2D eigenvalue weighted by atomic mass is 19.1. The number of methoxy groups -OCH3 is 1. The maximum atomic E-state index is 14.9. The molecule has 4 aromatic rings. The summed E-state index contributed by atoms with van der Waals surface area (Å²) in [7, 11) is 3.54. The molecule has 0 fully saturated rings. The maximum Gasteiger partial charge on any atom is 0.136 e. The number of para-hydroxylation sites is 1. The molecule has 1 unspecified atom stereocenters. The zero-order valence-corrected chi connectivity index (χ0v) is 17.7. The van der Waals surface area contributed by atoms with Crippen molar-refractivity contribution in [3.63, 3.8) is 0 Å². The third kappa shape index (κ3) is 4.46. The van der Waals surface area contributed by atoms with Crippen LogP contribution in [0.5, 0.6) is 5.75 Å². The van der Waals surface area contributed by atoms with E-state index < -0.39 is 0 Å². The summed E-state index contributed by atoms with van der Waals surface area (Å²) in [6, 6.07) is 16.6. The molecule has 0 aliphatic carbocycles. The van der Waals surface area contributed by atoms with Gasteiger partial charge in [-0.3, -0.25) is 4.90 Å². The quantitative estimate of drug-likeness (QED) is 0.437. The Morgan fingerprint density at radius 2 is 1.94 bits per heavy atom. The first kappa shape index (κ1) is 20.7. The SMILES string of the molecule is COc1ccc(-c2nn(-c3ccccc3)cc2CN(C)C(C)c2ccncn2)c(F)c1. The fourth-order valence-corrected chi connectivity index (χ4v) is 3.46. The van der Waals surface area contributed by atoms with Crippen molar-refractivity contribution >= 4 is 0 Å². The molecule has 0 bridgehead atoms. The van der Waals surface area contributed by atoms with E-state index in [-0.39, 0.29) is 11.9 Å². The van der Waals surface area contributed by atoms with Crippen molar-refractivity contribution in [2.45, 2.75) is 19.5 Å². The summed E-state index contributed by atoms with van der Waals surface area (Å²) in [6.07, 6.45) is 5.24. The minimum Gasteiger partial charge on any atom is -0.497 e. The van der Waals surface area contributed by atoms with Gasteiger partial charge in [0.05, 0.1) is 18.5 Å². The molecule has 0 N–H and O–H groups in total. The summed E-state index contributed by atoms with van der Waals surface area (Å²) < 4.78 is 21.9. The first-order chi connectivity index (χ1) is 15.1. The molecular formula is C24H24FN5O. The first-order valence-electron chi connectivity index (χ1n) is 10.0. The third-order valence-electron chi connectivity index (χ3n) is 5.36. The van der Waals surface area contributed by atoms with E-state index in [1.165, 1.54) is 13.2 Å². The Hall–Kier alpha value is -3.58. The second kappa shape index (κ2) is 9.06. The molecule has 31 heavy (non-hydrogen) atoms. The van der Waals surface area contributed by atoms with E-state index in [0.717, 1.165) is 16.9 Å². The molecular weight excluding hydrogens is 393 g/mol. The van der Waals surface area contributed by atoms with Gasteiger partial charge in [0.2, 0.25) is 0 Å². The van der Waals surface area contributed by atoms with Gasteiger partial charge >= 0.3 is 0 Å². The van der Waals surface area contributed by atoms with E-state index >= 15 is 0 Å². The summed E-state index contributed by atoms with van der Waals surface area (Å²) in [5, 5.41) is 4.74. The monoisotopic (exact) mass is 417 g/mol. The Labute approximate surface area is 181 Å². The van der Waals surface area contributed by atoms with Crippen LogP contribution in [0.1, 0.15) is 24.2 Å². The Morgan fingerprint density at radius 1 is 1.13 bits per heavy atom. The van der Waals surface area contributed by atoms with Crippen molar-refractivity contribution < 1.29 is 9.13 Å². The van der Waals surface area contributed by atoms with Crippen molar-refractivity contribution in [1.82, 2.24) is 24.6 Å². The van der Waals surface area contributed by atoms with Crippen LogP contribution in [-0.2, 0) is 6.54 Å². The van der Waals surface area contributed by atoms with Crippen LogP contribution >= 0.6 is 0 Å². The fraction of sp³-hybridized carbons (Fsp3) is 0.208. The molecule has 6 nitrogen and oxygen atoms in total. The third-order valence-corrected chi connectivity index (χ3v) is 5.36. The molecule has 2 aromatic carbocycles. The summed E-state index contributed by atoms with van der Waals surface area (Å²) in [6.45, 7) is 2.65. The molecule has 1 atom stereocenters. The lowest BCUT2D eigenvalue weighted by Crippen LogP contribution is -2.22. The van der Waals surface area contributed by atoms with Gasteiger partial charge in [-0.05, 0) is 44.3 Å². The normalized spacial score (nSPS) is 12.2. The second-order valence-electron chi connectivity index (χ2n) is 7.35. The number of rotatable bonds is 7. The number of ether oxygens (including phenoxy) is 1. The molecule has 7 heteroatoms. The Kier molecular flexibility index (Phi) is 6.04. The lowest BCUT2D eigenvalue weighted by Gasteiger charge is -2.24. The molecule has 158 valence electrons. The van der Waals surface area contributed by atoms with E-state index in [4.69, 9.17) is 9.84 Å². The number of benzene rings is 2. The topological polar surface area (TPSA) is 56.1 Å². The van der Waals surface area contributed by atoms with E-state index in [0.29, 0.717) is 23.6 Å². The predicted molar refractivity (Wildman–Crippen MR) is 117 cm³/mol. The molecule has 0 spiro atoms. The van der Waals surface area contributed by atoms with Crippen LogP contribution in [0.25, 0.3) is 16.9 Å². The van der Waals surface area contributed by atoms with Crippen molar-refractivity contribution in [2.75, 3.05) is 14.2 Å². The van der Waals surface area contributed by atoms with Gasteiger partial charge in [-0.15, -0.1) is 0 Å². The van der Waals surface area contributed by atoms with Crippen LogP contribution in [0.15, 0.2) is 73.3 Å². The Balaban J connectivity index is 1.72. The van der Waals surface area contributed by atoms with Gasteiger partial charge in [-0.2, -0.15) is 5.10 Å². The van der Waals surface area contributed by atoms with Gasteiger partial charge in [0.25, 0.3) is 0 Å². The smallest absolute Gasteiger partial charge is 0.136 e. The number of nitrogens with zero attached hydrogens (tertiary/aromatic N) is 5. The zero-order valence-electron chi connectivity index (χ0n) is 17.7. The highest BCUT2D eigenvalue weighted by molar-refractivity contribution is 5.65. The first-order valence-corrected chi connectivity index (χ1v) is 10.0. The standard InChI is InChI=1S/C24H24FN5O/c1-17(23-11-12-26-16-27-23)29(2)14-18-15-30(19-7-5-4-6-8-19)28-24(18)21-10-9-20(31-3)13-22(21)25/h4-13,15-17H,14H2,1-3H3. The second-order valence-corrected chi connectivity index (χ2v) is 7.35. The van der Waals surface area contributed by atoms with E-state index in [9.17, 15) is 4.39 Å². The lowest BCUT2D eigenvalue weighted by molar-refractivity contribution is 0.248. The number of halogens is 1. The Morgan fingerprint density at radius 3 is 2.61 bits per heavy atom. The maximum absolute atomic E-state index is 14.9. The van der Waals surface area contributed by atoms with Crippen LogP contribution in [0.3, 0.4) is 0 Å². The summed E-state index contributed by atoms with van der Waals surface area (Å²) >= 11 is 0. The summed E-state index contributed by atoms with van der Waals surface area (Å²) in [4.78, 5) is 10.5. The number of hydrogen-bond donors (Lipinski definition) is 0. The highest BCUT2D eigenvalue weighted by Gasteiger charge is 2.20. The van der Waals surface area contributed by atoms with Crippen LogP contribution in [0.2, 0.25) is 0 Å². The molecule has 2 aromatic heterocycles. The van der Waals surface area contributed by atoms with E-state index in [1.54, 1.807) is 29.3 Å². The molecule has 0 radical (unpaired) electrons. The number of aromatic nitrogens is 4. The van der Waals surface area contributed by atoms with Gasteiger partial charge in [-0.25, -0.2) is 19.0 Å². The average molecular weight is 417 g/mol.